The fourth-order valence-corrected chi connectivity index (χ4v) is 2.68. The minimum Gasteiger partial charge on any atom is -0.325 e. The maximum atomic E-state index is 13.4. The molecule has 1 aromatic heterocycles. The van der Waals surface area contributed by atoms with E-state index in [1.54, 1.807) is 0 Å². The summed E-state index contributed by atoms with van der Waals surface area (Å²) in [5, 5.41) is 0. The Bertz CT molecular complexity index is 715. The molecule has 106 valence electrons. The number of nitrogens with one attached hydrogen (secondary N) is 1. The molecule has 0 radical (unpaired) electrons. The smallest absolute Gasteiger partial charge is 0.263 e. The zero-order valence-electron chi connectivity index (χ0n) is 10.8. The molecule has 7 heteroatoms. The highest BCUT2D eigenvalue weighted by Crippen LogP contribution is 2.21. The van der Waals surface area contributed by atoms with Crippen LogP contribution in [0.1, 0.15) is 11.3 Å². The van der Waals surface area contributed by atoms with Crippen LogP contribution in [0.5, 0.6) is 0 Å². The summed E-state index contributed by atoms with van der Waals surface area (Å²) < 4.78 is 40.1. The van der Waals surface area contributed by atoms with Gasteiger partial charge in [-0.25, -0.2) is 12.8 Å². The van der Waals surface area contributed by atoms with E-state index in [-0.39, 0.29) is 22.7 Å². The molecule has 0 atom stereocenters. The van der Waals surface area contributed by atoms with Crippen LogP contribution in [0.2, 0.25) is 0 Å². The number of rotatable bonds is 4. The number of sulfonamides is 1. The molecule has 0 amide bonds. The Labute approximate surface area is 116 Å². The molecule has 0 aliphatic rings. The molecule has 5 nitrogen and oxygen atoms in total. The average molecular weight is 295 g/mol. The van der Waals surface area contributed by atoms with Crippen molar-refractivity contribution in [3.8, 4) is 0 Å². The van der Waals surface area contributed by atoms with E-state index >= 15 is 0 Å². The van der Waals surface area contributed by atoms with Crippen LogP contribution in [-0.2, 0) is 16.6 Å². The molecule has 1 heterocycles. The summed E-state index contributed by atoms with van der Waals surface area (Å²) >= 11 is 0. The third-order valence-corrected chi connectivity index (χ3v) is 4.18. The molecule has 20 heavy (non-hydrogen) atoms. The summed E-state index contributed by atoms with van der Waals surface area (Å²) in [6.45, 7) is 1.74. The zero-order chi connectivity index (χ0) is 14.8. The van der Waals surface area contributed by atoms with Gasteiger partial charge in [0.25, 0.3) is 10.0 Å². The van der Waals surface area contributed by atoms with Crippen molar-refractivity contribution in [1.29, 1.82) is 0 Å². The summed E-state index contributed by atoms with van der Waals surface area (Å²) in [6, 6.07) is 7.15. The monoisotopic (exact) mass is 295 g/mol. The van der Waals surface area contributed by atoms with Crippen molar-refractivity contribution >= 4 is 15.7 Å². The highest BCUT2D eigenvalue weighted by atomic mass is 32.2. The van der Waals surface area contributed by atoms with Crippen LogP contribution >= 0.6 is 0 Å². The first-order chi connectivity index (χ1) is 9.44. The lowest BCUT2D eigenvalue weighted by Gasteiger charge is -2.11. The van der Waals surface area contributed by atoms with Crippen LogP contribution in [0, 0.1) is 12.7 Å². The second-order valence-corrected chi connectivity index (χ2v) is 5.89. The Morgan fingerprint density at radius 2 is 2.05 bits per heavy atom. The number of aromatic nitrogens is 1. The van der Waals surface area contributed by atoms with Crippen molar-refractivity contribution in [2.75, 3.05) is 4.72 Å². The second-order valence-electron chi connectivity index (χ2n) is 4.21. The van der Waals surface area contributed by atoms with E-state index in [0.29, 0.717) is 5.69 Å². The van der Waals surface area contributed by atoms with Crippen LogP contribution in [0.25, 0.3) is 0 Å². The SMILES string of the molecule is Cc1c(F)cccc1NS(=O)(=O)c1ccc(CN)nc1. The number of benzene rings is 1. The lowest BCUT2D eigenvalue weighted by molar-refractivity contribution is 0.600. The zero-order valence-corrected chi connectivity index (χ0v) is 11.6. The standard InChI is InChI=1S/C13H14FN3O2S/c1-9-12(14)3-2-4-13(9)17-20(18,19)11-6-5-10(7-15)16-8-11/h2-6,8,17H,7,15H2,1H3. The summed E-state index contributed by atoms with van der Waals surface area (Å²) in [5.74, 6) is -0.471. The van der Waals surface area contributed by atoms with Gasteiger partial charge in [-0.1, -0.05) is 6.07 Å². The summed E-state index contributed by atoms with van der Waals surface area (Å²) in [7, 11) is -3.80. The molecule has 1 aromatic carbocycles. The van der Waals surface area contributed by atoms with Crippen molar-refractivity contribution in [2.24, 2.45) is 5.73 Å². The van der Waals surface area contributed by atoms with E-state index in [9.17, 15) is 12.8 Å². The highest BCUT2D eigenvalue weighted by molar-refractivity contribution is 7.92. The molecule has 0 saturated heterocycles. The van der Waals surface area contributed by atoms with E-state index in [0.717, 1.165) is 0 Å². The van der Waals surface area contributed by atoms with Crippen molar-refractivity contribution in [3.63, 3.8) is 0 Å². The Kier molecular flexibility index (Phi) is 4.01. The fourth-order valence-electron chi connectivity index (χ4n) is 1.61. The van der Waals surface area contributed by atoms with Crippen molar-refractivity contribution in [1.82, 2.24) is 4.98 Å². The highest BCUT2D eigenvalue weighted by Gasteiger charge is 2.16. The lowest BCUT2D eigenvalue weighted by Crippen LogP contribution is -2.14. The second kappa shape index (κ2) is 5.56. The van der Waals surface area contributed by atoms with E-state index < -0.39 is 15.8 Å². The predicted octanol–water partition coefficient (Wildman–Crippen LogP) is 1.79. The summed E-state index contributed by atoms with van der Waals surface area (Å²) in [5.41, 5.74) is 6.43. The quantitative estimate of drug-likeness (QED) is 0.900. The summed E-state index contributed by atoms with van der Waals surface area (Å²) in [6.07, 6.45) is 1.22. The molecule has 2 rings (SSSR count). The van der Waals surface area contributed by atoms with Crippen LogP contribution in [-0.4, -0.2) is 13.4 Å². The third kappa shape index (κ3) is 2.94. The molecule has 3 N–H and O–H groups in total. The molecule has 0 aliphatic carbocycles. The van der Waals surface area contributed by atoms with Crippen LogP contribution in [0.3, 0.4) is 0 Å². The van der Waals surface area contributed by atoms with E-state index in [1.165, 1.54) is 43.5 Å². The Balaban J connectivity index is 2.33. The van der Waals surface area contributed by atoms with E-state index in [2.05, 4.69) is 9.71 Å². The maximum Gasteiger partial charge on any atom is 0.263 e. The first-order valence-corrected chi connectivity index (χ1v) is 7.35. The number of nitrogens with two attached hydrogens (primary N) is 1. The number of hydrogen-bond donors (Lipinski definition) is 2. The van der Waals surface area contributed by atoms with Gasteiger partial charge in [-0.2, -0.15) is 0 Å². The van der Waals surface area contributed by atoms with Gasteiger partial charge >= 0.3 is 0 Å². The van der Waals surface area contributed by atoms with Gasteiger partial charge in [0.2, 0.25) is 0 Å². The fraction of sp³-hybridized carbons (Fsp3) is 0.154. The molecular formula is C13H14FN3O2S. The minimum absolute atomic E-state index is 0.00152. The molecular weight excluding hydrogens is 281 g/mol. The van der Waals surface area contributed by atoms with Gasteiger partial charge in [-0.3, -0.25) is 9.71 Å². The predicted molar refractivity (Wildman–Crippen MR) is 74.1 cm³/mol. The Morgan fingerprint density at radius 1 is 1.30 bits per heavy atom. The van der Waals surface area contributed by atoms with Crippen LogP contribution in [0.15, 0.2) is 41.4 Å². The Morgan fingerprint density at radius 3 is 2.65 bits per heavy atom. The van der Waals surface area contributed by atoms with Gasteiger partial charge in [-0.05, 0) is 31.2 Å². The molecule has 0 aliphatic heterocycles. The molecule has 0 saturated carbocycles. The Hall–Kier alpha value is -1.99. The molecule has 0 spiro atoms. The number of nitrogens with zero attached hydrogens (tertiary/aromatic N) is 1. The van der Waals surface area contributed by atoms with E-state index in [4.69, 9.17) is 5.73 Å². The normalized spacial score (nSPS) is 11.3. The molecule has 2 aromatic rings. The van der Waals surface area contributed by atoms with Gasteiger partial charge in [-0.15, -0.1) is 0 Å². The molecule has 0 unspecified atom stereocenters. The van der Waals surface area contributed by atoms with Gasteiger partial charge < -0.3 is 5.73 Å². The van der Waals surface area contributed by atoms with Gasteiger partial charge in [0.05, 0.1) is 11.4 Å². The van der Waals surface area contributed by atoms with Crippen molar-refractivity contribution < 1.29 is 12.8 Å². The average Bonchev–Trinajstić information content (AvgIpc) is 2.44. The van der Waals surface area contributed by atoms with Crippen LogP contribution in [0.4, 0.5) is 10.1 Å². The number of hydrogen-bond acceptors (Lipinski definition) is 4. The maximum absolute atomic E-state index is 13.4. The van der Waals surface area contributed by atoms with Gasteiger partial charge in [0.1, 0.15) is 10.7 Å². The first kappa shape index (κ1) is 14.4. The molecule has 0 fully saturated rings. The van der Waals surface area contributed by atoms with Gasteiger partial charge in [0, 0.05) is 18.3 Å². The topological polar surface area (TPSA) is 85.1 Å². The van der Waals surface area contributed by atoms with Gasteiger partial charge in [0.15, 0.2) is 0 Å². The third-order valence-electron chi connectivity index (χ3n) is 2.83. The number of anilines is 1. The first-order valence-electron chi connectivity index (χ1n) is 5.87. The van der Waals surface area contributed by atoms with Crippen molar-refractivity contribution in [3.05, 3.63) is 53.6 Å². The van der Waals surface area contributed by atoms with Crippen LogP contribution < -0.4 is 10.5 Å². The number of halogens is 1. The molecule has 0 bridgehead atoms. The largest absolute Gasteiger partial charge is 0.325 e. The number of pyridine rings is 1. The summed E-state index contributed by atoms with van der Waals surface area (Å²) in [4.78, 5) is 3.93. The lowest BCUT2D eigenvalue weighted by atomic mass is 10.2. The minimum atomic E-state index is -3.80. The van der Waals surface area contributed by atoms with E-state index in [1.807, 2.05) is 0 Å². The van der Waals surface area contributed by atoms with Crippen molar-refractivity contribution in [2.45, 2.75) is 18.4 Å².